The molecule has 1 aromatic rings. The molecule has 1 atom stereocenters. The van der Waals surface area contributed by atoms with E-state index >= 15 is 0 Å². The number of carbonyl (C=O) groups is 2. The van der Waals surface area contributed by atoms with Gasteiger partial charge >= 0.3 is 0 Å². The molecule has 2 amide bonds. The number of hydrogen-bond acceptors (Lipinski definition) is 4. The molecule has 0 saturated carbocycles. The Morgan fingerprint density at radius 1 is 1.26 bits per heavy atom. The third-order valence-corrected chi connectivity index (χ3v) is 7.37. The highest BCUT2D eigenvalue weighted by atomic mass is 32.1. The first kappa shape index (κ1) is 20.3. The second-order valence-electron chi connectivity index (χ2n) is 8.67. The van der Waals surface area contributed by atoms with Gasteiger partial charge in [-0.1, -0.05) is 13.8 Å². The lowest BCUT2D eigenvalue weighted by Crippen LogP contribution is -2.61. The van der Waals surface area contributed by atoms with Crippen molar-refractivity contribution in [2.75, 3.05) is 33.2 Å². The molecule has 3 rings (SSSR count). The maximum absolute atomic E-state index is 13.3. The largest absolute Gasteiger partial charge is 0.354 e. The third kappa shape index (κ3) is 4.37. The van der Waals surface area contributed by atoms with Crippen molar-refractivity contribution in [3.8, 4) is 0 Å². The molecule has 1 spiro atoms. The Labute approximate surface area is 167 Å². The average molecular weight is 392 g/mol. The van der Waals surface area contributed by atoms with Gasteiger partial charge in [0.2, 0.25) is 5.91 Å². The Kier molecular flexibility index (Phi) is 6.26. The van der Waals surface area contributed by atoms with Crippen LogP contribution in [0.1, 0.15) is 54.8 Å². The summed E-state index contributed by atoms with van der Waals surface area (Å²) in [5.41, 5.74) is 1.26. The van der Waals surface area contributed by atoms with Crippen molar-refractivity contribution in [1.82, 2.24) is 15.1 Å². The number of thiophene rings is 1. The lowest BCUT2D eigenvalue weighted by Gasteiger charge is -2.53. The normalized spacial score (nSPS) is 23.0. The number of aryl methyl sites for hydroxylation is 1. The maximum atomic E-state index is 13.3. The van der Waals surface area contributed by atoms with Crippen LogP contribution >= 0.6 is 11.3 Å². The molecule has 3 heterocycles. The number of nitrogens with zero attached hydrogens (tertiary/aromatic N) is 2. The van der Waals surface area contributed by atoms with Crippen LogP contribution in [0, 0.1) is 18.3 Å². The van der Waals surface area contributed by atoms with E-state index < -0.39 is 0 Å². The van der Waals surface area contributed by atoms with Crippen molar-refractivity contribution in [1.29, 1.82) is 0 Å². The van der Waals surface area contributed by atoms with Gasteiger partial charge in [-0.15, -0.1) is 11.3 Å². The molecular weight excluding hydrogens is 358 g/mol. The van der Waals surface area contributed by atoms with Crippen LogP contribution < -0.4 is 5.32 Å². The number of nitrogens with one attached hydrogen (secondary N) is 1. The van der Waals surface area contributed by atoms with E-state index in [1.165, 1.54) is 11.3 Å². The molecule has 150 valence electrons. The van der Waals surface area contributed by atoms with Crippen LogP contribution in [0.2, 0.25) is 0 Å². The van der Waals surface area contributed by atoms with E-state index in [2.05, 4.69) is 22.2 Å². The van der Waals surface area contributed by atoms with Gasteiger partial charge in [-0.05, 0) is 75.2 Å². The summed E-state index contributed by atoms with van der Waals surface area (Å²) in [6.07, 6.45) is 4.39. The van der Waals surface area contributed by atoms with E-state index in [9.17, 15) is 9.59 Å². The van der Waals surface area contributed by atoms with Gasteiger partial charge in [0.1, 0.15) is 0 Å². The molecule has 0 radical (unpaired) electrons. The van der Waals surface area contributed by atoms with Gasteiger partial charge in [0.05, 0.1) is 10.9 Å². The summed E-state index contributed by atoms with van der Waals surface area (Å²) in [5.74, 6) is 0.170. The highest BCUT2D eigenvalue weighted by Crippen LogP contribution is 2.44. The van der Waals surface area contributed by atoms with Gasteiger partial charge in [-0.25, -0.2) is 0 Å². The number of carbonyl (C=O) groups excluding carboxylic acids is 2. The predicted octanol–water partition coefficient (Wildman–Crippen LogP) is 3.15. The van der Waals surface area contributed by atoms with Gasteiger partial charge in [-0.3, -0.25) is 9.59 Å². The number of rotatable bonds is 4. The minimum Gasteiger partial charge on any atom is -0.354 e. The standard InChI is InChI=1S/C21H33N3O2S/c1-15(2)19(25)22-13-18-21(7-10-23(4)11-8-21)6-5-9-24(18)20(26)17-12-16(3)14-27-17/h12,14-15,18H,5-11,13H2,1-4H3,(H,22,25). The van der Waals surface area contributed by atoms with E-state index in [-0.39, 0.29) is 29.2 Å². The van der Waals surface area contributed by atoms with Crippen molar-refractivity contribution in [3.63, 3.8) is 0 Å². The SMILES string of the molecule is Cc1csc(C(=O)N2CCCC3(CCN(C)CC3)C2CNC(=O)C(C)C)c1. The second-order valence-corrected chi connectivity index (χ2v) is 9.58. The minimum absolute atomic E-state index is 0.0360. The third-order valence-electron chi connectivity index (χ3n) is 6.34. The van der Waals surface area contributed by atoms with Crippen LogP contribution in [-0.2, 0) is 4.79 Å². The van der Waals surface area contributed by atoms with E-state index in [0.717, 1.165) is 55.8 Å². The molecule has 2 fully saturated rings. The quantitative estimate of drug-likeness (QED) is 0.858. The molecule has 2 aliphatic rings. The van der Waals surface area contributed by atoms with Crippen LogP contribution in [-0.4, -0.2) is 60.9 Å². The molecule has 0 aromatic carbocycles. The first-order valence-corrected chi connectivity index (χ1v) is 11.0. The van der Waals surface area contributed by atoms with Gasteiger partial charge in [0.15, 0.2) is 0 Å². The topological polar surface area (TPSA) is 52.7 Å². The van der Waals surface area contributed by atoms with Crippen molar-refractivity contribution >= 4 is 23.2 Å². The zero-order valence-electron chi connectivity index (χ0n) is 17.1. The van der Waals surface area contributed by atoms with E-state index in [0.29, 0.717) is 6.54 Å². The minimum atomic E-state index is -0.0360. The molecule has 0 aliphatic carbocycles. The van der Waals surface area contributed by atoms with Crippen molar-refractivity contribution in [3.05, 3.63) is 21.9 Å². The zero-order chi connectivity index (χ0) is 19.6. The van der Waals surface area contributed by atoms with Crippen LogP contribution in [0.25, 0.3) is 0 Å². The lowest BCUT2D eigenvalue weighted by atomic mass is 9.66. The predicted molar refractivity (Wildman–Crippen MR) is 110 cm³/mol. The van der Waals surface area contributed by atoms with Gasteiger partial charge in [-0.2, -0.15) is 0 Å². The molecule has 27 heavy (non-hydrogen) atoms. The molecule has 6 heteroatoms. The molecule has 5 nitrogen and oxygen atoms in total. The molecule has 1 N–H and O–H groups in total. The summed E-state index contributed by atoms with van der Waals surface area (Å²) in [4.78, 5) is 30.8. The number of likely N-dealkylation sites (tertiary alicyclic amines) is 2. The Morgan fingerprint density at radius 3 is 2.56 bits per heavy atom. The Balaban J connectivity index is 1.85. The fraction of sp³-hybridized carbons (Fsp3) is 0.714. The average Bonchev–Trinajstić information content (AvgIpc) is 3.08. The highest BCUT2D eigenvalue weighted by Gasteiger charge is 2.47. The fourth-order valence-electron chi connectivity index (χ4n) is 4.56. The van der Waals surface area contributed by atoms with Crippen LogP contribution in [0.15, 0.2) is 11.4 Å². The Bertz CT molecular complexity index is 677. The molecule has 2 aliphatic heterocycles. The lowest BCUT2D eigenvalue weighted by molar-refractivity contribution is -0.124. The Morgan fingerprint density at radius 2 is 1.96 bits per heavy atom. The summed E-state index contributed by atoms with van der Waals surface area (Å²) in [7, 11) is 2.17. The molecule has 1 aromatic heterocycles. The number of piperidine rings is 2. The second kappa shape index (κ2) is 8.31. The summed E-state index contributed by atoms with van der Waals surface area (Å²) >= 11 is 1.53. The summed E-state index contributed by atoms with van der Waals surface area (Å²) in [6.45, 7) is 9.34. The first-order valence-electron chi connectivity index (χ1n) is 10.1. The number of hydrogen-bond donors (Lipinski definition) is 1. The van der Waals surface area contributed by atoms with E-state index in [4.69, 9.17) is 0 Å². The summed E-state index contributed by atoms with van der Waals surface area (Å²) in [5, 5.41) is 5.17. The molecular formula is C21H33N3O2S. The fourth-order valence-corrected chi connectivity index (χ4v) is 5.41. The molecule has 2 saturated heterocycles. The van der Waals surface area contributed by atoms with Gasteiger partial charge < -0.3 is 15.1 Å². The van der Waals surface area contributed by atoms with E-state index in [1.54, 1.807) is 0 Å². The van der Waals surface area contributed by atoms with Crippen molar-refractivity contribution in [2.45, 2.75) is 52.5 Å². The summed E-state index contributed by atoms with van der Waals surface area (Å²) in [6, 6.07) is 2.07. The van der Waals surface area contributed by atoms with Crippen LogP contribution in [0.3, 0.4) is 0 Å². The van der Waals surface area contributed by atoms with Gasteiger partial charge in [0, 0.05) is 19.0 Å². The smallest absolute Gasteiger partial charge is 0.264 e. The molecule has 0 bridgehead atoms. The van der Waals surface area contributed by atoms with E-state index in [1.807, 2.05) is 32.2 Å². The highest BCUT2D eigenvalue weighted by molar-refractivity contribution is 7.12. The molecule has 1 unspecified atom stereocenters. The van der Waals surface area contributed by atoms with Gasteiger partial charge in [0.25, 0.3) is 5.91 Å². The maximum Gasteiger partial charge on any atom is 0.264 e. The van der Waals surface area contributed by atoms with Crippen molar-refractivity contribution in [2.24, 2.45) is 11.3 Å². The van der Waals surface area contributed by atoms with Crippen molar-refractivity contribution < 1.29 is 9.59 Å². The van der Waals surface area contributed by atoms with Crippen LogP contribution in [0.4, 0.5) is 0 Å². The monoisotopic (exact) mass is 391 g/mol. The zero-order valence-corrected chi connectivity index (χ0v) is 17.9. The first-order chi connectivity index (χ1) is 12.8. The van der Waals surface area contributed by atoms with Crippen LogP contribution in [0.5, 0.6) is 0 Å². The Hall–Kier alpha value is -1.40. The summed E-state index contributed by atoms with van der Waals surface area (Å²) < 4.78 is 0. The number of amides is 2.